The summed E-state index contributed by atoms with van der Waals surface area (Å²) in [6.07, 6.45) is 1.51. The van der Waals surface area contributed by atoms with Gasteiger partial charge in [-0.15, -0.1) is 11.3 Å². The summed E-state index contributed by atoms with van der Waals surface area (Å²) in [6.45, 7) is 0.153. The number of hydrogen-bond donors (Lipinski definition) is 2. The molecule has 4 nitrogen and oxygen atoms in total. The Hall–Kier alpha value is -1.43. The molecule has 2 aromatic rings. The van der Waals surface area contributed by atoms with Gasteiger partial charge in [0.2, 0.25) is 0 Å². The zero-order valence-corrected chi connectivity index (χ0v) is 11.0. The van der Waals surface area contributed by atoms with Crippen LogP contribution in [-0.4, -0.2) is 29.1 Å². The van der Waals surface area contributed by atoms with E-state index < -0.39 is 0 Å². The van der Waals surface area contributed by atoms with E-state index in [9.17, 15) is 4.79 Å². The van der Waals surface area contributed by atoms with E-state index in [0.29, 0.717) is 14.9 Å². The Morgan fingerprint density at radius 3 is 2.94 bits per heavy atom. The van der Waals surface area contributed by atoms with Crippen molar-refractivity contribution in [2.24, 2.45) is 0 Å². The number of rotatable bonds is 4. The minimum Gasteiger partial charge on any atom is -0.395 e. The maximum absolute atomic E-state index is 11.6. The number of nitrogens with one attached hydrogen (secondary N) is 1. The lowest BCUT2D eigenvalue weighted by molar-refractivity contribution is 0.0948. The van der Waals surface area contributed by atoms with Crippen LogP contribution in [-0.2, 0) is 0 Å². The summed E-state index contributed by atoms with van der Waals surface area (Å²) in [5.41, 5.74) is 0.811. The van der Waals surface area contributed by atoms with Gasteiger partial charge in [0.1, 0.15) is 9.88 Å². The number of hydrogen-bond acceptors (Lipinski definition) is 4. The molecule has 0 aliphatic heterocycles. The predicted molar refractivity (Wildman–Crippen MR) is 72.0 cm³/mol. The van der Waals surface area contributed by atoms with E-state index in [4.69, 9.17) is 16.7 Å². The normalized spacial score (nSPS) is 10.3. The molecule has 0 aliphatic carbocycles. The van der Waals surface area contributed by atoms with Crippen LogP contribution in [0, 0.1) is 0 Å². The number of halogens is 1. The Bertz CT molecular complexity index is 557. The van der Waals surface area contributed by atoms with Gasteiger partial charge in [-0.1, -0.05) is 29.8 Å². The van der Waals surface area contributed by atoms with Crippen molar-refractivity contribution in [3.8, 4) is 10.6 Å². The summed E-state index contributed by atoms with van der Waals surface area (Å²) >= 11 is 7.33. The Labute approximate surface area is 113 Å². The van der Waals surface area contributed by atoms with Gasteiger partial charge in [0.25, 0.3) is 5.91 Å². The highest BCUT2D eigenvalue weighted by molar-refractivity contribution is 7.17. The first-order valence-corrected chi connectivity index (χ1v) is 6.51. The summed E-state index contributed by atoms with van der Waals surface area (Å²) in [4.78, 5) is 16.3. The van der Waals surface area contributed by atoms with Crippen molar-refractivity contribution in [2.45, 2.75) is 0 Å². The maximum atomic E-state index is 11.6. The molecular formula is C12H11ClN2O2S. The second-order valence-electron chi connectivity index (χ2n) is 3.49. The van der Waals surface area contributed by atoms with Crippen LogP contribution in [0.4, 0.5) is 0 Å². The number of thiazole rings is 1. The topological polar surface area (TPSA) is 62.2 Å². The third-order valence-corrected chi connectivity index (χ3v) is 3.59. The highest BCUT2D eigenvalue weighted by Gasteiger charge is 2.12. The number of carbonyl (C=O) groups is 1. The number of amides is 1. The molecule has 0 atom stereocenters. The second-order valence-corrected chi connectivity index (χ2v) is 4.93. The zero-order chi connectivity index (χ0) is 13.0. The summed E-state index contributed by atoms with van der Waals surface area (Å²) in [7, 11) is 0. The average molecular weight is 283 g/mol. The number of carbonyl (C=O) groups excluding carboxylic acids is 1. The lowest BCUT2D eigenvalue weighted by Gasteiger charge is -1.99. The minimum absolute atomic E-state index is 0.0814. The SMILES string of the molecule is O=C(NCCO)c1cnc(-c2ccccc2Cl)s1. The molecule has 1 aromatic carbocycles. The van der Waals surface area contributed by atoms with Crippen molar-refractivity contribution in [3.63, 3.8) is 0 Å². The number of aliphatic hydroxyl groups excluding tert-OH is 1. The van der Waals surface area contributed by atoms with Crippen LogP contribution < -0.4 is 5.32 Å². The summed E-state index contributed by atoms with van der Waals surface area (Å²) < 4.78 is 0. The third kappa shape index (κ3) is 2.87. The molecule has 0 bridgehead atoms. The van der Waals surface area contributed by atoms with Crippen LogP contribution >= 0.6 is 22.9 Å². The molecule has 6 heteroatoms. The number of benzene rings is 1. The highest BCUT2D eigenvalue weighted by atomic mass is 35.5. The van der Waals surface area contributed by atoms with Gasteiger partial charge in [-0.3, -0.25) is 4.79 Å². The summed E-state index contributed by atoms with van der Waals surface area (Å²) in [5, 5.41) is 12.5. The number of aromatic nitrogens is 1. The van der Waals surface area contributed by atoms with Crippen LogP contribution in [0.15, 0.2) is 30.5 Å². The van der Waals surface area contributed by atoms with Crippen LogP contribution in [0.2, 0.25) is 5.02 Å². The molecule has 2 N–H and O–H groups in total. The van der Waals surface area contributed by atoms with E-state index in [1.807, 2.05) is 18.2 Å². The van der Waals surface area contributed by atoms with Crippen molar-refractivity contribution in [1.29, 1.82) is 0 Å². The molecule has 0 aliphatic rings. The second kappa shape index (κ2) is 5.95. The van der Waals surface area contributed by atoms with Crippen molar-refractivity contribution in [1.82, 2.24) is 10.3 Å². The largest absolute Gasteiger partial charge is 0.395 e. The molecule has 0 unspecified atom stereocenters. The van der Waals surface area contributed by atoms with Gasteiger partial charge in [0.05, 0.1) is 17.8 Å². The fourth-order valence-corrected chi connectivity index (χ4v) is 2.55. The van der Waals surface area contributed by atoms with E-state index in [0.717, 1.165) is 5.56 Å². The monoisotopic (exact) mass is 282 g/mol. The third-order valence-electron chi connectivity index (χ3n) is 2.23. The highest BCUT2D eigenvalue weighted by Crippen LogP contribution is 2.30. The van der Waals surface area contributed by atoms with Gasteiger partial charge in [-0.05, 0) is 6.07 Å². The molecule has 0 fully saturated rings. The quantitative estimate of drug-likeness (QED) is 0.903. The Morgan fingerprint density at radius 1 is 1.44 bits per heavy atom. The molecule has 1 heterocycles. The van der Waals surface area contributed by atoms with Gasteiger partial charge in [0, 0.05) is 12.1 Å². The molecule has 2 rings (SSSR count). The van der Waals surface area contributed by atoms with Gasteiger partial charge in [-0.2, -0.15) is 0 Å². The smallest absolute Gasteiger partial charge is 0.263 e. The van der Waals surface area contributed by atoms with Gasteiger partial charge < -0.3 is 10.4 Å². The molecule has 1 amide bonds. The Balaban J connectivity index is 2.21. The molecule has 0 radical (unpaired) electrons. The Kier molecular flexibility index (Phi) is 4.30. The van der Waals surface area contributed by atoms with Crippen LogP contribution in [0.25, 0.3) is 10.6 Å². The predicted octanol–water partition coefficient (Wildman–Crippen LogP) is 2.19. The molecule has 1 aromatic heterocycles. The summed E-state index contributed by atoms with van der Waals surface area (Å²) in [6, 6.07) is 7.35. The zero-order valence-electron chi connectivity index (χ0n) is 9.39. The minimum atomic E-state index is -0.236. The van der Waals surface area contributed by atoms with Crippen LogP contribution in [0.3, 0.4) is 0 Å². The van der Waals surface area contributed by atoms with Gasteiger partial charge >= 0.3 is 0 Å². The van der Waals surface area contributed by atoms with E-state index >= 15 is 0 Å². The standard InChI is InChI=1S/C12H11ClN2O2S/c13-9-4-2-1-3-8(9)12-15-7-10(18-12)11(17)14-5-6-16/h1-4,7,16H,5-6H2,(H,14,17). The van der Waals surface area contributed by atoms with Crippen molar-refractivity contribution in [3.05, 3.63) is 40.4 Å². The maximum Gasteiger partial charge on any atom is 0.263 e. The fraction of sp³-hybridized carbons (Fsp3) is 0.167. The van der Waals surface area contributed by atoms with Crippen molar-refractivity contribution in [2.75, 3.05) is 13.2 Å². The molecular weight excluding hydrogens is 272 g/mol. The Morgan fingerprint density at radius 2 is 2.22 bits per heavy atom. The lowest BCUT2D eigenvalue weighted by atomic mass is 10.2. The fourth-order valence-electron chi connectivity index (χ4n) is 1.39. The van der Waals surface area contributed by atoms with E-state index in [1.54, 1.807) is 6.07 Å². The first-order chi connectivity index (χ1) is 8.72. The van der Waals surface area contributed by atoms with Crippen LogP contribution in [0.5, 0.6) is 0 Å². The lowest BCUT2D eigenvalue weighted by Crippen LogP contribution is -2.25. The van der Waals surface area contributed by atoms with E-state index in [-0.39, 0.29) is 19.1 Å². The van der Waals surface area contributed by atoms with Gasteiger partial charge in [0.15, 0.2) is 0 Å². The molecule has 94 valence electrons. The van der Waals surface area contributed by atoms with E-state index in [1.165, 1.54) is 17.5 Å². The van der Waals surface area contributed by atoms with Crippen molar-refractivity contribution < 1.29 is 9.90 Å². The molecule has 0 saturated carbocycles. The van der Waals surface area contributed by atoms with E-state index in [2.05, 4.69) is 10.3 Å². The number of nitrogens with zero attached hydrogens (tertiary/aromatic N) is 1. The van der Waals surface area contributed by atoms with Gasteiger partial charge in [-0.25, -0.2) is 4.98 Å². The van der Waals surface area contributed by atoms with Crippen molar-refractivity contribution >= 4 is 28.8 Å². The summed E-state index contributed by atoms with van der Waals surface area (Å²) in [5.74, 6) is -0.236. The first-order valence-electron chi connectivity index (χ1n) is 5.32. The first kappa shape index (κ1) is 13.0. The average Bonchev–Trinajstić information content (AvgIpc) is 2.86. The number of aliphatic hydroxyl groups is 1. The molecule has 0 saturated heterocycles. The molecule has 0 spiro atoms. The molecule has 18 heavy (non-hydrogen) atoms. The van der Waals surface area contributed by atoms with Crippen LogP contribution in [0.1, 0.15) is 9.67 Å².